The number of carbonyl (C=O) groups is 1. The van der Waals surface area contributed by atoms with Crippen molar-refractivity contribution in [3.05, 3.63) is 46.6 Å². The molecule has 1 aliphatic heterocycles. The van der Waals surface area contributed by atoms with E-state index in [9.17, 15) is 4.79 Å². The smallest absolute Gasteiger partial charge is 0.230 e. The van der Waals surface area contributed by atoms with Gasteiger partial charge in [-0.15, -0.1) is 0 Å². The molecular weight excluding hydrogens is 406 g/mol. The fraction of sp³-hybridized carbons (Fsp3) is 0.429. The quantitative estimate of drug-likeness (QED) is 0.742. The van der Waals surface area contributed by atoms with Crippen LogP contribution in [0.2, 0.25) is 0 Å². The Morgan fingerprint density at radius 3 is 2.89 bits per heavy atom. The first-order chi connectivity index (χ1) is 13.2. The summed E-state index contributed by atoms with van der Waals surface area (Å²) in [6.45, 7) is 3.30. The van der Waals surface area contributed by atoms with Crippen LogP contribution in [0.1, 0.15) is 38.2 Å². The molecule has 0 atom stereocenters. The fourth-order valence-electron chi connectivity index (χ4n) is 4.02. The van der Waals surface area contributed by atoms with Gasteiger partial charge in [-0.1, -0.05) is 22.0 Å². The molecule has 2 aliphatic rings. The molecular formula is C21H24BrN3O2. The normalized spacial score (nSPS) is 21.6. The monoisotopic (exact) mass is 429 g/mol. The Morgan fingerprint density at radius 2 is 2.11 bits per heavy atom. The van der Waals surface area contributed by atoms with Crippen molar-refractivity contribution in [3.8, 4) is 0 Å². The first-order valence-electron chi connectivity index (χ1n) is 9.59. The Labute approximate surface area is 168 Å². The van der Waals surface area contributed by atoms with Crippen LogP contribution in [0.25, 0.3) is 0 Å². The summed E-state index contributed by atoms with van der Waals surface area (Å²) in [6.07, 6.45) is 5.76. The van der Waals surface area contributed by atoms with Crippen LogP contribution >= 0.6 is 15.9 Å². The number of amides is 1. The second-order valence-electron chi connectivity index (χ2n) is 7.15. The van der Waals surface area contributed by atoms with Crippen LogP contribution in [-0.2, 0) is 16.1 Å². The third-order valence-corrected chi connectivity index (χ3v) is 5.91. The summed E-state index contributed by atoms with van der Waals surface area (Å²) in [7, 11) is 0. The number of nitrogens with one attached hydrogen (secondary N) is 1. The predicted molar refractivity (Wildman–Crippen MR) is 110 cm³/mol. The van der Waals surface area contributed by atoms with Crippen molar-refractivity contribution < 1.29 is 9.53 Å². The van der Waals surface area contributed by atoms with Crippen LogP contribution in [0.15, 0.2) is 41.0 Å². The van der Waals surface area contributed by atoms with Crippen LogP contribution in [0, 0.1) is 5.92 Å². The Hall–Kier alpha value is -1.92. The molecule has 27 heavy (non-hydrogen) atoms. The Morgan fingerprint density at radius 1 is 1.30 bits per heavy atom. The third kappa shape index (κ3) is 3.87. The number of halogens is 1. The van der Waals surface area contributed by atoms with Gasteiger partial charge in [0.25, 0.3) is 0 Å². The number of ether oxygens (including phenoxy) is 1. The molecule has 1 amide bonds. The molecule has 0 saturated heterocycles. The molecule has 2 aromatic rings. The Bertz CT molecular complexity index is 834. The molecule has 1 aromatic heterocycles. The molecule has 4 rings (SSSR count). The number of benzene rings is 1. The summed E-state index contributed by atoms with van der Waals surface area (Å²) in [5, 5.41) is 3.40. The van der Waals surface area contributed by atoms with Gasteiger partial charge in [-0.25, -0.2) is 4.98 Å². The minimum atomic E-state index is 0.0479. The zero-order valence-corrected chi connectivity index (χ0v) is 17.0. The Kier molecular flexibility index (Phi) is 5.45. The zero-order chi connectivity index (χ0) is 18.8. The highest BCUT2D eigenvalue weighted by molar-refractivity contribution is 9.10. The van der Waals surface area contributed by atoms with E-state index in [0.29, 0.717) is 12.6 Å². The largest absolute Gasteiger partial charge is 0.379 e. The first-order valence-corrected chi connectivity index (χ1v) is 10.4. The van der Waals surface area contributed by atoms with Crippen LogP contribution in [0.3, 0.4) is 0 Å². The molecule has 1 N–H and O–H groups in total. The summed E-state index contributed by atoms with van der Waals surface area (Å²) in [4.78, 5) is 19.9. The lowest BCUT2D eigenvalue weighted by atomic mass is 9.86. The number of nitrogens with zero attached hydrogens (tertiary/aromatic N) is 2. The number of hydrogen-bond donors (Lipinski definition) is 1. The fourth-order valence-corrected chi connectivity index (χ4v) is 4.37. The van der Waals surface area contributed by atoms with Gasteiger partial charge < -0.3 is 15.0 Å². The molecule has 2 heterocycles. The van der Waals surface area contributed by atoms with Gasteiger partial charge in [-0.05, 0) is 56.9 Å². The minimum absolute atomic E-state index is 0.0479. The summed E-state index contributed by atoms with van der Waals surface area (Å²) in [5.41, 5.74) is 2.84. The van der Waals surface area contributed by atoms with Crippen LogP contribution in [0.5, 0.6) is 0 Å². The van der Waals surface area contributed by atoms with Crippen molar-refractivity contribution in [1.82, 2.24) is 4.98 Å². The average Bonchev–Trinajstić information content (AvgIpc) is 2.85. The van der Waals surface area contributed by atoms with Crippen LogP contribution in [-0.4, -0.2) is 23.6 Å². The third-order valence-electron chi connectivity index (χ3n) is 5.42. The maximum Gasteiger partial charge on any atom is 0.230 e. The van der Waals surface area contributed by atoms with E-state index in [4.69, 9.17) is 4.74 Å². The van der Waals surface area contributed by atoms with Gasteiger partial charge in [0.05, 0.1) is 24.0 Å². The van der Waals surface area contributed by atoms with Gasteiger partial charge in [0.2, 0.25) is 5.91 Å². The lowest BCUT2D eigenvalue weighted by Gasteiger charge is -2.32. The molecule has 1 saturated carbocycles. The van der Waals surface area contributed by atoms with Crippen LogP contribution in [0.4, 0.5) is 17.2 Å². The topological polar surface area (TPSA) is 54.5 Å². The van der Waals surface area contributed by atoms with Gasteiger partial charge in [-0.3, -0.25) is 4.79 Å². The maximum absolute atomic E-state index is 13.5. The van der Waals surface area contributed by atoms with E-state index in [-0.39, 0.29) is 11.8 Å². The summed E-state index contributed by atoms with van der Waals surface area (Å²) >= 11 is 3.55. The van der Waals surface area contributed by atoms with E-state index in [1.54, 1.807) is 6.20 Å². The molecule has 1 aromatic carbocycles. The number of rotatable bonds is 3. The molecule has 0 spiro atoms. The molecule has 1 aliphatic carbocycles. The highest BCUT2D eigenvalue weighted by Gasteiger charge is 2.33. The molecule has 1 fully saturated rings. The van der Waals surface area contributed by atoms with Crippen molar-refractivity contribution >= 4 is 39.0 Å². The number of carbonyl (C=O) groups excluding carboxylic acids is 1. The summed E-state index contributed by atoms with van der Waals surface area (Å²) < 4.78 is 6.70. The summed E-state index contributed by atoms with van der Waals surface area (Å²) in [5.74, 6) is 1.06. The van der Waals surface area contributed by atoms with Gasteiger partial charge in [0.1, 0.15) is 5.82 Å². The van der Waals surface area contributed by atoms with Crippen LogP contribution < -0.4 is 10.2 Å². The van der Waals surface area contributed by atoms with Gasteiger partial charge in [0, 0.05) is 28.8 Å². The number of aromatic nitrogens is 1. The molecule has 0 unspecified atom stereocenters. The van der Waals surface area contributed by atoms with E-state index in [0.717, 1.165) is 59.5 Å². The molecule has 6 heteroatoms. The number of hydrogen-bond acceptors (Lipinski definition) is 4. The lowest BCUT2D eigenvalue weighted by molar-refractivity contribution is -0.124. The predicted octanol–water partition coefficient (Wildman–Crippen LogP) is 5.03. The maximum atomic E-state index is 13.5. The van der Waals surface area contributed by atoms with E-state index in [1.807, 2.05) is 42.2 Å². The average molecular weight is 430 g/mol. The lowest BCUT2D eigenvalue weighted by Crippen LogP contribution is -2.38. The second kappa shape index (κ2) is 7.98. The van der Waals surface area contributed by atoms with Gasteiger partial charge >= 0.3 is 0 Å². The number of anilines is 3. The molecule has 5 nitrogen and oxygen atoms in total. The van der Waals surface area contributed by atoms with Crippen molar-refractivity contribution in [1.29, 1.82) is 0 Å². The van der Waals surface area contributed by atoms with Crippen molar-refractivity contribution in [3.63, 3.8) is 0 Å². The second-order valence-corrected chi connectivity index (χ2v) is 8.07. The minimum Gasteiger partial charge on any atom is -0.379 e. The SMILES string of the molecule is CCOC1CCC(C(=O)N2Cc3cccnc3Nc3ccc(Br)cc32)CC1. The molecule has 0 radical (unpaired) electrons. The molecule has 0 bridgehead atoms. The van der Waals surface area contributed by atoms with E-state index in [1.165, 1.54) is 0 Å². The van der Waals surface area contributed by atoms with E-state index in [2.05, 4.69) is 26.2 Å². The van der Waals surface area contributed by atoms with Crippen molar-refractivity contribution in [2.24, 2.45) is 5.92 Å². The first kappa shape index (κ1) is 18.4. The van der Waals surface area contributed by atoms with Crippen molar-refractivity contribution in [2.45, 2.75) is 45.3 Å². The summed E-state index contributed by atoms with van der Waals surface area (Å²) in [6, 6.07) is 9.94. The van der Waals surface area contributed by atoms with Gasteiger partial charge in [-0.2, -0.15) is 0 Å². The van der Waals surface area contributed by atoms with E-state index >= 15 is 0 Å². The Balaban J connectivity index is 1.63. The van der Waals surface area contributed by atoms with Crippen molar-refractivity contribution in [2.75, 3.05) is 16.8 Å². The molecule has 142 valence electrons. The highest BCUT2D eigenvalue weighted by atomic mass is 79.9. The standard InChI is InChI=1S/C21H24BrN3O2/c1-2-27-17-8-5-14(6-9-17)21(26)25-13-15-4-3-11-23-20(15)24-18-10-7-16(22)12-19(18)25/h3-4,7,10-12,14,17H,2,5-6,8-9,13H2,1H3,(H,23,24). The highest BCUT2D eigenvalue weighted by Crippen LogP contribution is 2.39. The van der Waals surface area contributed by atoms with Gasteiger partial charge in [0.15, 0.2) is 0 Å². The number of pyridine rings is 1. The number of fused-ring (bicyclic) bond motifs is 2. The zero-order valence-electron chi connectivity index (χ0n) is 15.5. The van der Waals surface area contributed by atoms with E-state index < -0.39 is 0 Å².